The number of hydrogen-bond acceptors (Lipinski definition) is 6. The smallest absolute Gasteiger partial charge is 0.183 e. The molecular weight excluding hydrogens is 390 g/mol. The second-order valence-corrected chi connectivity index (χ2v) is 8.09. The summed E-state index contributed by atoms with van der Waals surface area (Å²) in [6.07, 6.45) is 7.96. The van der Waals surface area contributed by atoms with Crippen molar-refractivity contribution < 1.29 is 18.2 Å². The molecule has 1 heterocycles. The fourth-order valence-electron chi connectivity index (χ4n) is 3.45. The van der Waals surface area contributed by atoms with Crippen LogP contribution in [0.1, 0.15) is 50.6 Å². The van der Waals surface area contributed by atoms with Gasteiger partial charge in [-0.05, 0) is 54.0 Å². The van der Waals surface area contributed by atoms with Gasteiger partial charge in [-0.15, -0.1) is 0 Å². The molecule has 4 unspecified atom stereocenters. The first-order chi connectivity index (χ1) is 14.0. The number of nitrogens with one attached hydrogen (secondary N) is 1. The van der Waals surface area contributed by atoms with Crippen LogP contribution >= 0.6 is 0 Å². The fourth-order valence-corrected chi connectivity index (χ4v) is 3.80. The summed E-state index contributed by atoms with van der Waals surface area (Å²) in [5.74, 6) is 0.355. The Kier molecular flexibility index (Phi) is 9.50. The van der Waals surface area contributed by atoms with E-state index in [-0.39, 0.29) is 28.7 Å². The lowest BCUT2D eigenvalue weighted by Gasteiger charge is -2.27. The Morgan fingerprint density at radius 3 is 2.55 bits per heavy atom. The monoisotopic (exact) mass is 420 g/mol. The predicted octanol–water partition coefficient (Wildman–Crippen LogP) is 3.91. The Balaban J connectivity index is 2.12. The average Bonchev–Trinajstić information content (AvgIpc) is 3.25. The average molecular weight is 421 g/mol. The molecule has 0 saturated carbocycles. The molecule has 0 aliphatic heterocycles. The third-order valence-electron chi connectivity index (χ3n) is 5.17. The number of aromatic nitrogens is 2. The van der Waals surface area contributed by atoms with Gasteiger partial charge in [0, 0.05) is 36.4 Å². The largest absolute Gasteiger partial charge is 0.768 e. The maximum atomic E-state index is 11.1. The summed E-state index contributed by atoms with van der Waals surface area (Å²) >= 11 is -2.22. The summed E-state index contributed by atoms with van der Waals surface area (Å²) in [5, 5.41) is 8.48. The van der Waals surface area contributed by atoms with Crippen molar-refractivity contribution in [1.29, 1.82) is 5.41 Å². The third kappa shape index (κ3) is 7.06. The quantitative estimate of drug-likeness (QED) is 0.243. The van der Waals surface area contributed by atoms with Gasteiger partial charge in [0.2, 0.25) is 0 Å². The summed E-state index contributed by atoms with van der Waals surface area (Å²) in [5.41, 5.74) is 1.05. The lowest BCUT2D eigenvalue weighted by molar-refractivity contribution is 0.133. The van der Waals surface area contributed by atoms with Crippen LogP contribution in [0.5, 0.6) is 0 Å². The second-order valence-electron chi connectivity index (χ2n) is 7.15. The van der Waals surface area contributed by atoms with Crippen LogP contribution in [0.3, 0.4) is 0 Å². The van der Waals surface area contributed by atoms with Crippen molar-refractivity contribution >= 4 is 17.0 Å². The normalized spacial score (nSPS) is 15.4. The first-order valence-electron chi connectivity index (χ1n) is 9.83. The van der Waals surface area contributed by atoms with Crippen LogP contribution in [0.2, 0.25) is 0 Å². The molecule has 1 N–H and O–H groups in total. The van der Waals surface area contributed by atoms with Crippen LogP contribution in [-0.4, -0.2) is 44.5 Å². The van der Waals surface area contributed by atoms with Gasteiger partial charge in [0.1, 0.15) is 6.61 Å². The Bertz CT molecular complexity index is 765. The van der Waals surface area contributed by atoms with Crippen LogP contribution in [0.15, 0.2) is 47.9 Å². The van der Waals surface area contributed by atoms with Crippen LogP contribution in [-0.2, 0) is 20.6 Å². The lowest BCUT2D eigenvalue weighted by Crippen LogP contribution is -2.24. The number of hydrogen-bond donors (Lipinski definition) is 1. The molecule has 160 valence electrons. The van der Waals surface area contributed by atoms with Gasteiger partial charge in [-0.1, -0.05) is 26.0 Å². The van der Waals surface area contributed by atoms with E-state index in [0.717, 1.165) is 24.8 Å². The van der Waals surface area contributed by atoms with E-state index in [9.17, 15) is 8.76 Å². The van der Waals surface area contributed by atoms with E-state index in [4.69, 9.17) is 14.9 Å². The van der Waals surface area contributed by atoms with Crippen molar-refractivity contribution in [3.05, 3.63) is 48.5 Å². The summed E-state index contributed by atoms with van der Waals surface area (Å²) in [4.78, 5) is 4.42. The highest BCUT2D eigenvalue weighted by molar-refractivity contribution is 7.79. The number of methoxy groups -OCH3 is 1. The van der Waals surface area contributed by atoms with Crippen molar-refractivity contribution in [1.82, 2.24) is 9.55 Å². The van der Waals surface area contributed by atoms with Gasteiger partial charge in [-0.3, -0.25) is 9.62 Å². The van der Waals surface area contributed by atoms with Gasteiger partial charge in [0.15, 0.2) is 5.90 Å². The van der Waals surface area contributed by atoms with Gasteiger partial charge in [0.05, 0.1) is 12.9 Å². The Labute approximate surface area is 175 Å². The minimum absolute atomic E-state index is 0.0671. The van der Waals surface area contributed by atoms with E-state index in [1.807, 2.05) is 24.7 Å². The molecule has 29 heavy (non-hydrogen) atoms. The van der Waals surface area contributed by atoms with Crippen molar-refractivity contribution in [2.75, 3.05) is 20.3 Å². The minimum atomic E-state index is -2.22. The zero-order valence-electron chi connectivity index (χ0n) is 17.2. The maximum Gasteiger partial charge on any atom is 0.183 e. The van der Waals surface area contributed by atoms with Gasteiger partial charge in [-0.25, -0.2) is 4.98 Å². The van der Waals surface area contributed by atoms with E-state index in [2.05, 4.69) is 23.4 Å². The Morgan fingerprint density at radius 1 is 1.28 bits per heavy atom. The summed E-state index contributed by atoms with van der Waals surface area (Å²) in [6.45, 7) is 5.02. The third-order valence-corrected chi connectivity index (χ3v) is 5.83. The van der Waals surface area contributed by atoms with Crippen molar-refractivity contribution in [2.45, 2.75) is 50.0 Å². The highest BCUT2D eigenvalue weighted by Crippen LogP contribution is 2.31. The molecule has 0 fully saturated rings. The van der Waals surface area contributed by atoms with Gasteiger partial charge < -0.3 is 18.6 Å². The summed E-state index contributed by atoms with van der Waals surface area (Å²) < 4.78 is 34.9. The number of ether oxygens (including phenoxy) is 2. The van der Waals surface area contributed by atoms with Gasteiger partial charge in [0.25, 0.3) is 0 Å². The molecular formula is C21H30N3O4S-. The first kappa shape index (κ1) is 23.3. The standard InChI is InChI=1S/C21H31N3O4S/c1-4-19(24-10-9-23-15-24)14-18(21(22)28-12-11-27-3)13-16(2)17-5-7-20(8-6-17)29(25)26/h5-10,15-16,18-19,22H,4,11-14H2,1-3H3,(H,25,26)/p-1. The molecule has 1 aromatic heterocycles. The second kappa shape index (κ2) is 11.8. The molecule has 2 rings (SSSR count). The highest BCUT2D eigenvalue weighted by Gasteiger charge is 2.24. The maximum absolute atomic E-state index is 11.1. The highest BCUT2D eigenvalue weighted by atomic mass is 32.2. The molecule has 4 atom stereocenters. The predicted molar refractivity (Wildman–Crippen MR) is 112 cm³/mol. The summed E-state index contributed by atoms with van der Waals surface area (Å²) in [6, 6.07) is 7.15. The van der Waals surface area contributed by atoms with Crippen molar-refractivity contribution in [3.8, 4) is 0 Å². The van der Waals surface area contributed by atoms with E-state index < -0.39 is 11.1 Å². The van der Waals surface area contributed by atoms with E-state index in [0.29, 0.717) is 13.2 Å². The number of benzene rings is 1. The van der Waals surface area contributed by atoms with Crippen molar-refractivity contribution in [2.24, 2.45) is 5.92 Å². The SMILES string of the molecule is CCC(CC(CC(C)c1ccc(S(=O)[O-])cc1)C(=N)OCCOC)n1ccnc1. The molecule has 7 nitrogen and oxygen atoms in total. The first-order valence-corrected chi connectivity index (χ1v) is 10.9. The Hall–Kier alpha value is -2.03. The molecule has 1 aromatic carbocycles. The molecule has 0 bridgehead atoms. The van der Waals surface area contributed by atoms with Gasteiger partial charge >= 0.3 is 0 Å². The topological polar surface area (TPSA) is 100 Å². The molecule has 2 aromatic rings. The van der Waals surface area contributed by atoms with Crippen molar-refractivity contribution in [3.63, 3.8) is 0 Å². The number of rotatable bonds is 12. The number of imidazole rings is 1. The molecule has 0 saturated heterocycles. The zero-order valence-corrected chi connectivity index (χ0v) is 18.1. The minimum Gasteiger partial charge on any atom is -0.768 e. The fraction of sp³-hybridized carbons (Fsp3) is 0.524. The van der Waals surface area contributed by atoms with Crippen LogP contribution in [0.4, 0.5) is 0 Å². The number of nitrogens with zero attached hydrogens (tertiary/aromatic N) is 2. The lowest BCUT2D eigenvalue weighted by atomic mass is 9.86. The zero-order chi connectivity index (χ0) is 21.2. The van der Waals surface area contributed by atoms with Crippen LogP contribution in [0.25, 0.3) is 0 Å². The van der Waals surface area contributed by atoms with E-state index in [1.165, 1.54) is 0 Å². The van der Waals surface area contributed by atoms with Crippen LogP contribution < -0.4 is 0 Å². The molecule has 0 aliphatic carbocycles. The molecule has 8 heteroatoms. The summed E-state index contributed by atoms with van der Waals surface area (Å²) in [7, 11) is 1.61. The molecule has 0 radical (unpaired) electrons. The Morgan fingerprint density at radius 2 is 2.00 bits per heavy atom. The van der Waals surface area contributed by atoms with E-state index >= 15 is 0 Å². The molecule has 0 spiro atoms. The van der Waals surface area contributed by atoms with E-state index in [1.54, 1.807) is 25.4 Å². The van der Waals surface area contributed by atoms with Crippen LogP contribution in [0, 0.1) is 11.3 Å². The van der Waals surface area contributed by atoms with Gasteiger partial charge in [-0.2, -0.15) is 0 Å². The molecule has 0 aliphatic rings. The molecule has 0 amide bonds.